The number of nitrogens with one attached hydrogen (secondary N) is 1. The van der Waals surface area contributed by atoms with Crippen LogP contribution in [0.1, 0.15) is 36.5 Å². The Labute approximate surface area is 171 Å². The summed E-state index contributed by atoms with van der Waals surface area (Å²) in [5, 5.41) is 12.9. The van der Waals surface area contributed by atoms with Gasteiger partial charge in [-0.3, -0.25) is 14.6 Å². The zero-order valence-corrected chi connectivity index (χ0v) is 16.8. The Bertz CT molecular complexity index is 865. The largest absolute Gasteiger partial charge is 0.394 e. The molecule has 3 rings (SSSR count). The molecule has 3 atom stereocenters. The van der Waals surface area contributed by atoms with Crippen LogP contribution in [0, 0.1) is 0 Å². The monoisotopic (exact) mass is 393 g/mol. The molecule has 29 heavy (non-hydrogen) atoms. The third-order valence-electron chi connectivity index (χ3n) is 5.34. The summed E-state index contributed by atoms with van der Waals surface area (Å²) in [6.45, 7) is 3.66. The summed E-state index contributed by atoms with van der Waals surface area (Å²) in [6, 6.07) is 11.3. The highest BCUT2D eigenvalue weighted by Gasteiger charge is 2.50. The molecule has 1 aromatic carbocycles. The summed E-state index contributed by atoms with van der Waals surface area (Å²) in [7, 11) is 0. The zero-order valence-electron chi connectivity index (χ0n) is 16.8. The van der Waals surface area contributed by atoms with Crippen LogP contribution in [0.2, 0.25) is 0 Å². The molecule has 2 heterocycles. The predicted octanol–water partition coefficient (Wildman–Crippen LogP) is 2.15. The minimum Gasteiger partial charge on any atom is -0.394 e. The molecule has 1 saturated heterocycles. The number of carbonyl (C=O) groups is 2. The van der Waals surface area contributed by atoms with E-state index in [4.69, 9.17) is 0 Å². The Hall–Kier alpha value is -2.99. The normalized spacial score (nSPS) is 21.1. The lowest BCUT2D eigenvalue weighted by molar-refractivity contribution is -0.150. The van der Waals surface area contributed by atoms with Crippen molar-refractivity contribution in [3.05, 3.63) is 71.6 Å². The van der Waals surface area contributed by atoms with E-state index in [9.17, 15) is 14.7 Å². The van der Waals surface area contributed by atoms with E-state index in [0.29, 0.717) is 6.54 Å². The van der Waals surface area contributed by atoms with Gasteiger partial charge in [0, 0.05) is 31.8 Å². The molecule has 152 valence electrons. The van der Waals surface area contributed by atoms with E-state index in [0.717, 1.165) is 16.7 Å². The summed E-state index contributed by atoms with van der Waals surface area (Å²) in [5.74, 6) is -0.252. The van der Waals surface area contributed by atoms with Crippen molar-refractivity contribution in [3.63, 3.8) is 0 Å². The van der Waals surface area contributed by atoms with Gasteiger partial charge in [-0.05, 0) is 29.7 Å². The van der Waals surface area contributed by atoms with Crippen molar-refractivity contribution in [2.75, 3.05) is 13.2 Å². The molecule has 0 spiro atoms. The lowest BCUT2D eigenvalue weighted by Crippen LogP contribution is -2.68. The van der Waals surface area contributed by atoms with Crippen molar-refractivity contribution < 1.29 is 14.7 Å². The Morgan fingerprint density at radius 2 is 1.97 bits per heavy atom. The topological polar surface area (TPSA) is 82.5 Å². The van der Waals surface area contributed by atoms with E-state index >= 15 is 0 Å². The number of likely N-dealkylation sites (tertiary alicyclic amines) is 1. The highest BCUT2D eigenvalue weighted by atomic mass is 16.3. The zero-order chi connectivity index (χ0) is 20.8. The maximum Gasteiger partial charge on any atom is 0.227 e. The molecule has 6 heteroatoms. The number of aliphatic hydroxyl groups is 1. The maximum atomic E-state index is 13.0. The van der Waals surface area contributed by atoms with Gasteiger partial charge < -0.3 is 15.3 Å². The van der Waals surface area contributed by atoms with Gasteiger partial charge in [0.05, 0.1) is 25.1 Å². The lowest BCUT2D eigenvalue weighted by Gasteiger charge is -2.55. The Morgan fingerprint density at radius 1 is 1.21 bits per heavy atom. The number of rotatable bonds is 7. The van der Waals surface area contributed by atoms with E-state index in [-0.39, 0.29) is 42.8 Å². The van der Waals surface area contributed by atoms with Gasteiger partial charge in [-0.2, -0.15) is 0 Å². The van der Waals surface area contributed by atoms with Crippen LogP contribution in [0.25, 0.3) is 6.08 Å². The molecule has 0 radical (unpaired) electrons. The van der Waals surface area contributed by atoms with Gasteiger partial charge in [0.15, 0.2) is 0 Å². The fourth-order valence-electron chi connectivity index (χ4n) is 4.03. The van der Waals surface area contributed by atoms with E-state index in [1.807, 2.05) is 49.4 Å². The summed E-state index contributed by atoms with van der Waals surface area (Å²) in [5.41, 5.74) is 2.98. The van der Waals surface area contributed by atoms with Crippen LogP contribution < -0.4 is 5.32 Å². The summed E-state index contributed by atoms with van der Waals surface area (Å²) < 4.78 is 0. The molecule has 1 fully saturated rings. The van der Waals surface area contributed by atoms with Crippen LogP contribution in [-0.2, 0) is 16.0 Å². The number of hydrogen-bond acceptors (Lipinski definition) is 4. The molecule has 6 nitrogen and oxygen atoms in total. The Kier molecular flexibility index (Phi) is 6.77. The first kappa shape index (κ1) is 20.7. The van der Waals surface area contributed by atoms with Gasteiger partial charge in [0.25, 0.3) is 0 Å². The average molecular weight is 393 g/mol. The molecule has 1 aliphatic heterocycles. The summed E-state index contributed by atoms with van der Waals surface area (Å²) >= 11 is 0. The number of nitrogens with zero attached hydrogens (tertiary/aromatic N) is 2. The third kappa shape index (κ3) is 4.71. The van der Waals surface area contributed by atoms with Crippen molar-refractivity contribution in [1.82, 2.24) is 15.2 Å². The fraction of sp³-hybridized carbons (Fsp3) is 0.348. The van der Waals surface area contributed by atoms with Gasteiger partial charge in [0.2, 0.25) is 11.8 Å². The first-order valence-electron chi connectivity index (χ1n) is 9.83. The van der Waals surface area contributed by atoms with E-state index in [2.05, 4.69) is 10.3 Å². The quantitative estimate of drug-likeness (QED) is 0.755. The summed E-state index contributed by atoms with van der Waals surface area (Å²) in [4.78, 5) is 30.3. The van der Waals surface area contributed by atoms with Crippen molar-refractivity contribution in [3.8, 4) is 0 Å². The smallest absolute Gasteiger partial charge is 0.227 e. The number of hydrogen-bond donors (Lipinski definition) is 2. The highest BCUT2D eigenvalue weighted by molar-refractivity contribution is 5.81. The number of amides is 2. The van der Waals surface area contributed by atoms with Crippen molar-refractivity contribution in [2.24, 2.45) is 0 Å². The van der Waals surface area contributed by atoms with E-state index in [1.54, 1.807) is 23.4 Å². The molecule has 0 unspecified atom stereocenters. The van der Waals surface area contributed by atoms with Crippen LogP contribution >= 0.6 is 0 Å². The number of aliphatic hydroxyl groups excluding tert-OH is 1. The number of carbonyl (C=O) groups excluding carboxylic acids is 2. The molecule has 0 bridgehead atoms. The molecule has 0 aliphatic carbocycles. The van der Waals surface area contributed by atoms with Gasteiger partial charge in [0.1, 0.15) is 0 Å². The minimum atomic E-state index is -0.314. The second-order valence-corrected chi connectivity index (χ2v) is 7.29. The number of pyridine rings is 1. The highest BCUT2D eigenvalue weighted by Crippen LogP contribution is 2.41. The number of benzene rings is 1. The molecule has 1 aliphatic rings. The first-order chi connectivity index (χ1) is 14.0. The van der Waals surface area contributed by atoms with Gasteiger partial charge in [-0.1, -0.05) is 42.5 Å². The molecule has 0 saturated carbocycles. The molecule has 2 N–H and O–H groups in total. The van der Waals surface area contributed by atoms with Crippen LogP contribution in [0.4, 0.5) is 0 Å². The van der Waals surface area contributed by atoms with Crippen LogP contribution in [0.15, 0.2) is 54.9 Å². The Morgan fingerprint density at radius 3 is 2.55 bits per heavy atom. The van der Waals surface area contributed by atoms with E-state index in [1.165, 1.54) is 6.92 Å². The SMILES string of the molecule is C/C=C/c1ccc([C@@H]2[C@H](CO)N(C(=O)Cc3cccnc3)[C@H]2CNC(C)=O)cc1. The Balaban J connectivity index is 1.83. The molecular formula is C23H27N3O3. The molecular weight excluding hydrogens is 366 g/mol. The molecule has 1 aromatic heterocycles. The lowest BCUT2D eigenvalue weighted by atomic mass is 9.74. The third-order valence-corrected chi connectivity index (χ3v) is 5.34. The van der Waals surface area contributed by atoms with Crippen LogP contribution in [0.3, 0.4) is 0 Å². The van der Waals surface area contributed by atoms with Crippen LogP contribution in [-0.4, -0.2) is 52.0 Å². The number of allylic oxidation sites excluding steroid dienone is 1. The minimum absolute atomic E-state index is 0.0376. The van der Waals surface area contributed by atoms with Gasteiger partial charge in [-0.15, -0.1) is 0 Å². The maximum absolute atomic E-state index is 13.0. The standard InChI is InChI=1S/C23H27N3O3/c1-3-5-17-7-9-19(10-8-17)23-20(14-25-16(2)28)26(21(23)15-27)22(29)12-18-6-4-11-24-13-18/h3-11,13,20-21,23,27H,12,14-15H2,1-2H3,(H,25,28)/b5-3+/t20-,21-,23-/m0/s1. The van der Waals surface area contributed by atoms with Gasteiger partial charge in [-0.25, -0.2) is 0 Å². The van der Waals surface area contributed by atoms with Crippen molar-refractivity contribution in [2.45, 2.75) is 38.3 Å². The second kappa shape index (κ2) is 9.47. The first-order valence-corrected chi connectivity index (χ1v) is 9.83. The van der Waals surface area contributed by atoms with Crippen molar-refractivity contribution >= 4 is 17.9 Å². The van der Waals surface area contributed by atoms with Crippen molar-refractivity contribution in [1.29, 1.82) is 0 Å². The predicted molar refractivity (Wildman–Crippen MR) is 112 cm³/mol. The fourth-order valence-corrected chi connectivity index (χ4v) is 4.03. The average Bonchev–Trinajstić information content (AvgIpc) is 2.69. The molecule has 2 amide bonds. The molecule has 2 aromatic rings. The number of aromatic nitrogens is 1. The second-order valence-electron chi connectivity index (χ2n) is 7.29. The van der Waals surface area contributed by atoms with Crippen LogP contribution in [0.5, 0.6) is 0 Å². The van der Waals surface area contributed by atoms with E-state index < -0.39 is 0 Å². The van der Waals surface area contributed by atoms with Gasteiger partial charge >= 0.3 is 0 Å². The summed E-state index contributed by atoms with van der Waals surface area (Å²) in [6.07, 6.45) is 7.56.